The Morgan fingerprint density at radius 1 is 1.44 bits per heavy atom. The molecule has 1 heterocycles. The van der Waals surface area contributed by atoms with Crippen molar-refractivity contribution in [1.29, 1.82) is 0 Å². The number of aromatic nitrogens is 1. The van der Waals surface area contributed by atoms with Crippen LogP contribution in [-0.4, -0.2) is 10.8 Å². The fourth-order valence-corrected chi connectivity index (χ4v) is 1.51. The summed E-state index contributed by atoms with van der Waals surface area (Å²) in [4.78, 5) is 15.7. The maximum absolute atomic E-state index is 11.7. The lowest BCUT2D eigenvalue weighted by molar-refractivity contribution is -0.114. The van der Waals surface area contributed by atoms with Crippen molar-refractivity contribution in [1.82, 2.24) is 4.98 Å². The minimum absolute atomic E-state index is 0.0957. The highest BCUT2D eigenvalue weighted by atomic mass is 16.1. The monoisotopic (exact) mass is 218 g/mol. The number of hydrogen-bond donors (Lipinski definition) is 1. The highest BCUT2D eigenvalue weighted by Crippen LogP contribution is 2.12. The molecule has 0 atom stereocenters. The summed E-state index contributed by atoms with van der Waals surface area (Å²) in [6.45, 7) is 4.11. The van der Waals surface area contributed by atoms with Crippen LogP contribution in [0.1, 0.15) is 32.3 Å². The van der Waals surface area contributed by atoms with Crippen LogP contribution in [0.2, 0.25) is 0 Å². The fourth-order valence-electron chi connectivity index (χ4n) is 1.51. The van der Waals surface area contributed by atoms with E-state index in [2.05, 4.69) is 18.8 Å². The van der Waals surface area contributed by atoms with Gasteiger partial charge in [-0.1, -0.05) is 19.4 Å². The zero-order chi connectivity index (χ0) is 12.0. The summed E-state index contributed by atoms with van der Waals surface area (Å²) >= 11 is 0. The number of ketones is 1. The Kier molecular flexibility index (Phi) is 4.70. The normalized spacial score (nSPS) is 9.88. The summed E-state index contributed by atoms with van der Waals surface area (Å²) in [6.07, 6.45) is 7.19. The van der Waals surface area contributed by atoms with Crippen LogP contribution in [0.4, 0.5) is 5.69 Å². The predicted octanol–water partition coefficient (Wildman–Crippen LogP) is 2.52. The first-order chi connectivity index (χ1) is 7.67. The molecule has 0 saturated carbocycles. The first-order valence-corrected chi connectivity index (χ1v) is 5.58. The molecule has 0 fully saturated rings. The Morgan fingerprint density at radius 2 is 2.12 bits per heavy atom. The lowest BCUT2D eigenvalue weighted by Gasteiger charge is -2.03. The lowest BCUT2D eigenvalue weighted by Crippen LogP contribution is -2.03. The van der Waals surface area contributed by atoms with Crippen molar-refractivity contribution in [3.05, 3.63) is 35.7 Å². The third kappa shape index (κ3) is 3.50. The Hall–Kier alpha value is -1.64. The van der Waals surface area contributed by atoms with Gasteiger partial charge in [-0.25, -0.2) is 0 Å². The molecule has 0 unspecified atom stereocenters. The molecule has 86 valence electrons. The number of rotatable bonds is 5. The molecule has 0 amide bonds. The Bertz CT molecular complexity index is 391. The average Bonchev–Trinajstić information content (AvgIpc) is 2.29. The van der Waals surface area contributed by atoms with Gasteiger partial charge in [0, 0.05) is 30.1 Å². The van der Waals surface area contributed by atoms with Crippen molar-refractivity contribution in [2.45, 2.75) is 33.1 Å². The number of allylic oxidation sites excluding steroid dienone is 2. The van der Waals surface area contributed by atoms with Crippen molar-refractivity contribution >= 4 is 11.5 Å². The van der Waals surface area contributed by atoms with Crippen molar-refractivity contribution in [2.75, 3.05) is 5.73 Å². The highest BCUT2D eigenvalue weighted by molar-refractivity contribution is 5.92. The van der Waals surface area contributed by atoms with Gasteiger partial charge in [-0.2, -0.15) is 0 Å². The minimum Gasteiger partial charge on any atom is -0.398 e. The highest BCUT2D eigenvalue weighted by Gasteiger charge is 2.05. The van der Waals surface area contributed by atoms with Crippen LogP contribution in [0.5, 0.6) is 0 Å². The third-order valence-corrected chi connectivity index (χ3v) is 2.58. The van der Waals surface area contributed by atoms with E-state index in [1.807, 2.05) is 0 Å². The van der Waals surface area contributed by atoms with Gasteiger partial charge in [0.2, 0.25) is 0 Å². The summed E-state index contributed by atoms with van der Waals surface area (Å²) in [5, 5.41) is 0. The van der Waals surface area contributed by atoms with Crippen molar-refractivity contribution < 1.29 is 4.79 Å². The summed E-state index contributed by atoms with van der Waals surface area (Å²) in [7, 11) is 0. The molecule has 0 aliphatic heterocycles. The molecule has 0 bridgehead atoms. The topological polar surface area (TPSA) is 56.0 Å². The van der Waals surface area contributed by atoms with Crippen molar-refractivity contribution in [2.24, 2.45) is 0 Å². The molecule has 2 N–H and O–H groups in total. The molecule has 0 saturated heterocycles. The van der Waals surface area contributed by atoms with Gasteiger partial charge >= 0.3 is 0 Å². The molecule has 1 aromatic heterocycles. The Labute approximate surface area is 96.4 Å². The van der Waals surface area contributed by atoms with E-state index < -0.39 is 0 Å². The summed E-state index contributed by atoms with van der Waals surface area (Å²) < 4.78 is 0. The summed E-state index contributed by atoms with van der Waals surface area (Å²) in [5.41, 5.74) is 8.36. The summed E-state index contributed by atoms with van der Waals surface area (Å²) in [5.74, 6) is 0.0957. The van der Waals surface area contributed by atoms with E-state index in [0.29, 0.717) is 12.1 Å². The van der Waals surface area contributed by atoms with Crippen LogP contribution in [0.3, 0.4) is 0 Å². The van der Waals surface area contributed by atoms with Crippen LogP contribution in [-0.2, 0) is 11.2 Å². The van der Waals surface area contributed by atoms with E-state index >= 15 is 0 Å². The molecule has 16 heavy (non-hydrogen) atoms. The van der Waals surface area contributed by atoms with Gasteiger partial charge in [0.1, 0.15) is 0 Å². The number of nitrogens with two attached hydrogens (primary N) is 1. The summed E-state index contributed by atoms with van der Waals surface area (Å²) in [6, 6.07) is 1.72. The molecule has 3 nitrogen and oxygen atoms in total. The average molecular weight is 218 g/mol. The van der Waals surface area contributed by atoms with Gasteiger partial charge in [-0.15, -0.1) is 0 Å². The third-order valence-electron chi connectivity index (χ3n) is 2.58. The second-order valence-electron chi connectivity index (χ2n) is 3.73. The Morgan fingerprint density at radius 3 is 2.69 bits per heavy atom. The van der Waals surface area contributed by atoms with Crippen LogP contribution < -0.4 is 5.73 Å². The van der Waals surface area contributed by atoms with Gasteiger partial charge in [0.15, 0.2) is 5.78 Å². The number of carbonyl (C=O) groups excluding carboxylic acids is 1. The van der Waals surface area contributed by atoms with E-state index in [-0.39, 0.29) is 5.78 Å². The molecule has 0 aliphatic carbocycles. The van der Waals surface area contributed by atoms with Crippen LogP contribution in [0, 0.1) is 0 Å². The molecule has 1 aromatic rings. The maximum Gasteiger partial charge on any atom is 0.160 e. The number of anilines is 1. The zero-order valence-electron chi connectivity index (χ0n) is 9.86. The van der Waals surface area contributed by atoms with Gasteiger partial charge in [0.05, 0.1) is 0 Å². The van der Waals surface area contributed by atoms with E-state index in [9.17, 15) is 4.79 Å². The molecule has 0 radical (unpaired) electrons. The lowest BCUT2D eigenvalue weighted by atomic mass is 10.0. The number of nitrogen functional groups attached to an aromatic ring is 1. The number of carbonyl (C=O) groups is 1. The van der Waals surface area contributed by atoms with Gasteiger partial charge in [-0.3, -0.25) is 9.78 Å². The largest absolute Gasteiger partial charge is 0.398 e. The Balaban J connectivity index is 2.72. The standard InChI is InChI=1S/C13H18N2O/c1-3-10(4-2)7-12(16)8-11-9-15-6-5-13(11)14/h5-7,9H,3-4,8H2,1-2H3,(H2,14,15). The van der Waals surface area contributed by atoms with E-state index in [1.165, 1.54) is 5.57 Å². The molecule has 3 heteroatoms. The van der Waals surface area contributed by atoms with Gasteiger partial charge in [0.25, 0.3) is 0 Å². The first kappa shape index (κ1) is 12.4. The molecule has 0 spiro atoms. The maximum atomic E-state index is 11.7. The van der Waals surface area contributed by atoms with E-state index in [4.69, 9.17) is 5.73 Å². The quantitative estimate of drug-likeness (QED) is 0.772. The van der Waals surface area contributed by atoms with Crippen LogP contribution in [0.25, 0.3) is 0 Å². The SMILES string of the molecule is CCC(=CC(=O)Cc1cnccc1N)CC. The van der Waals surface area contributed by atoms with Crippen molar-refractivity contribution in [3.63, 3.8) is 0 Å². The molecule has 1 rings (SSSR count). The smallest absolute Gasteiger partial charge is 0.160 e. The minimum atomic E-state index is 0.0957. The van der Waals surface area contributed by atoms with Crippen LogP contribution >= 0.6 is 0 Å². The van der Waals surface area contributed by atoms with Gasteiger partial charge in [-0.05, 0) is 25.0 Å². The number of nitrogens with zero attached hydrogens (tertiary/aromatic N) is 1. The number of hydrogen-bond acceptors (Lipinski definition) is 3. The van der Waals surface area contributed by atoms with E-state index in [1.54, 1.807) is 24.5 Å². The number of pyridine rings is 1. The van der Waals surface area contributed by atoms with E-state index in [0.717, 1.165) is 18.4 Å². The molecule has 0 aromatic carbocycles. The molecular weight excluding hydrogens is 200 g/mol. The fraction of sp³-hybridized carbons (Fsp3) is 0.385. The second kappa shape index (κ2) is 6.05. The molecule has 0 aliphatic rings. The van der Waals surface area contributed by atoms with Crippen molar-refractivity contribution in [3.8, 4) is 0 Å². The van der Waals surface area contributed by atoms with Crippen LogP contribution in [0.15, 0.2) is 30.1 Å². The predicted molar refractivity (Wildman–Crippen MR) is 66.0 cm³/mol. The second-order valence-corrected chi connectivity index (χ2v) is 3.73. The first-order valence-electron chi connectivity index (χ1n) is 5.58. The zero-order valence-corrected chi connectivity index (χ0v) is 9.86. The van der Waals surface area contributed by atoms with Gasteiger partial charge < -0.3 is 5.73 Å². The molecular formula is C13H18N2O.